The maximum Gasteiger partial charge on any atom is 0.128 e. The molecule has 1 N–H and O–H groups in total. The molecule has 0 saturated heterocycles. The van der Waals surface area contributed by atoms with Gasteiger partial charge in [0.1, 0.15) is 5.76 Å². The van der Waals surface area contributed by atoms with Crippen molar-refractivity contribution in [2.75, 3.05) is 6.54 Å². The third-order valence-electron chi connectivity index (χ3n) is 3.29. The van der Waals surface area contributed by atoms with Crippen LogP contribution in [0.25, 0.3) is 0 Å². The van der Waals surface area contributed by atoms with Crippen LogP contribution in [0.1, 0.15) is 42.3 Å². The Balaban J connectivity index is 2.32. The van der Waals surface area contributed by atoms with E-state index < -0.39 is 0 Å². The summed E-state index contributed by atoms with van der Waals surface area (Å²) in [6, 6.07) is 10.9. The topological polar surface area (TPSA) is 25.2 Å². The highest BCUT2D eigenvalue weighted by molar-refractivity contribution is 5.32. The zero-order chi connectivity index (χ0) is 13.0. The van der Waals surface area contributed by atoms with E-state index in [1.54, 1.807) is 6.26 Å². The number of furan rings is 1. The summed E-state index contributed by atoms with van der Waals surface area (Å²) in [6.45, 7) is 7.29. The van der Waals surface area contributed by atoms with E-state index >= 15 is 0 Å². The molecule has 0 bridgehead atoms. The van der Waals surface area contributed by atoms with Crippen LogP contribution in [0.3, 0.4) is 0 Å². The summed E-state index contributed by atoms with van der Waals surface area (Å²) in [5.74, 6) is 1.01. The predicted octanol–water partition coefficient (Wildman–Crippen LogP) is 3.85. The molecule has 0 amide bonds. The molecular weight excluding hydrogens is 222 g/mol. The largest absolute Gasteiger partial charge is 0.467 e. The molecule has 2 rings (SSSR count). The minimum atomic E-state index is 0.149. The minimum Gasteiger partial charge on any atom is -0.467 e. The second-order valence-electron chi connectivity index (χ2n) is 4.55. The Labute approximate surface area is 109 Å². The Kier molecular flexibility index (Phi) is 4.21. The number of rotatable bonds is 5. The summed E-state index contributed by atoms with van der Waals surface area (Å²) in [5.41, 5.74) is 3.82. The molecule has 2 aromatic rings. The van der Waals surface area contributed by atoms with E-state index in [0.29, 0.717) is 0 Å². The van der Waals surface area contributed by atoms with Gasteiger partial charge in [-0.2, -0.15) is 0 Å². The van der Waals surface area contributed by atoms with Crippen LogP contribution in [-0.2, 0) is 6.42 Å². The number of benzene rings is 1. The van der Waals surface area contributed by atoms with Crippen LogP contribution in [0.5, 0.6) is 0 Å². The van der Waals surface area contributed by atoms with Crippen molar-refractivity contribution in [1.82, 2.24) is 5.32 Å². The van der Waals surface area contributed by atoms with Crippen molar-refractivity contribution in [3.63, 3.8) is 0 Å². The molecule has 96 valence electrons. The van der Waals surface area contributed by atoms with Crippen LogP contribution in [-0.4, -0.2) is 6.54 Å². The molecule has 1 atom stereocenters. The van der Waals surface area contributed by atoms with Crippen LogP contribution in [0.2, 0.25) is 0 Å². The Morgan fingerprint density at radius 2 is 1.83 bits per heavy atom. The summed E-state index contributed by atoms with van der Waals surface area (Å²) < 4.78 is 5.63. The van der Waals surface area contributed by atoms with Crippen molar-refractivity contribution in [2.24, 2.45) is 0 Å². The smallest absolute Gasteiger partial charge is 0.128 e. The highest BCUT2D eigenvalue weighted by atomic mass is 16.3. The molecule has 0 radical (unpaired) electrons. The Morgan fingerprint density at radius 3 is 2.33 bits per heavy atom. The molecule has 1 heterocycles. The first-order chi connectivity index (χ1) is 8.76. The SMILES string of the molecule is CCNC(c1ccc(CC)cc1)c1occc1C. The number of hydrogen-bond donors (Lipinski definition) is 1. The standard InChI is InChI=1S/C16H21NO/c1-4-13-6-8-14(9-7-13)15(17-5-2)16-12(3)10-11-18-16/h6-11,15,17H,4-5H2,1-3H3. The van der Waals surface area contributed by atoms with Crippen molar-refractivity contribution >= 4 is 0 Å². The van der Waals surface area contributed by atoms with Crippen LogP contribution >= 0.6 is 0 Å². The zero-order valence-electron chi connectivity index (χ0n) is 11.4. The molecule has 0 spiro atoms. The number of aryl methyl sites for hydroxylation is 2. The fourth-order valence-electron chi connectivity index (χ4n) is 2.19. The molecule has 2 heteroatoms. The maximum absolute atomic E-state index is 5.63. The molecule has 1 aromatic heterocycles. The molecule has 0 aliphatic carbocycles. The second kappa shape index (κ2) is 5.87. The Morgan fingerprint density at radius 1 is 1.11 bits per heavy atom. The minimum absolute atomic E-state index is 0.149. The summed E-state index contributed by atoms with van der Waals surface area (Å²) in [5, 5.41) is 3.49. The van der Waals surface area contributed by atoms with Gasteiger partial charge in [0.05, 0.1) is 12.3 Å². The molecular formula is C16H21NO. The van der Waals surface area contributed by atoms with Gasteiger partial charge in [0.15, 0.2) is 0 Å². The van der Waals surface area contributed by atoms with Gasteiger partial charge in [-0.15, -0.1) is 0 Å². The molecule has 18 heavy (non-hydrogen) atoms. The lowest BCUT2D eigenvalue weighted by molar-refractivity contribution is 0.449. The summed E-state index contributed by atoms with van der Waals surface area (Å²) in [6.07, 6.45) is 2.83. The van der Waals surface area contributed by atoms with Gasteiger partial charge in [-0.3, -0.25) is 0 Å². The van der Waals surface area contributed by atoms with Crippen molar-refractivity contribution in [3.8, 4) is 0 Å². The highest BCUT2D eigenvalue weighted by Gasteiger charge is 2.17. The summed E-state index contributed by atoms with van der Waals surface area (Å²) >= 11 is 0. The molecule has 0 fully saturated rings. The van der Waals surface area contributed by atoms with E-state index in [4.69, 9.17) is 4.42 Å². The van der Waals surface area contributed by atoms with Crippen molar-refractivity contribution in [2.45, 2.75) is 33.2 Å². The number of nitrogens with one attached hydrogen (secondary N) is 1. The Hall–Kier alpha value is -1.54. The van der Waals surface area contributed by atoms with Crippen LogP contribution < -0.4 is 5.32 Å². The van der Waals surface area contributed by atoms with E-state index in [-0.39, 0.29) is 6.04 Å². The molecule has 0 saturated carbocycles. The average Bonchev–Trinajstić information content (AvgIpc) is 2.82. The van der Waals surface area contributed by atoms with E-state index in [2.05, 4.69) is 50.4 Å². The highest BCUT2D eigenvalue weighted by Crippen LogP contribution is 2.25. The predicted molar refractivity (Wildman–Crippen MR) is 74.8 cm³/mol. The van der Waals surface area contributed by atoms with E-state index in [1.807, 2.05) is 6.07 Å². The lowest BCUT2D eigenvalue weighted by atomic mass is 10.00. The molecule has 2 nitrogen and oxygen atoms in total. The van der Waals surface area contributed by atoms with Gasteiger partial charge < -0.3 is 9.73 Å². The fraction of sp³-hybridized carbons (Fsp3) is 0.375. The quantitative estimate of drug-likeness (QED) is 0.863. The monoisotopic (exact) mass is 243 g/mol. The Bertz CT molecular complexity index is 484. The van der Waals surface area contributed by atoms with Crippen molar-refractivity contribution in [1.29, 1.82) is 0 Å². The van der Waals surface area contributed by atoms with Gasteiger partial charge in [0.25, 0.3) is 0 Å². The fourth-order valence-corrected chi connectivity index (χ4v) is 2.19. The van der Waals surface area contributed by atoms with Gasteiger partial charge in [-0.1, -0.05) is 38.1 Å². The van der Waals surface area contributed by atoms with E-state index in [0.717, 1.165) is 18.7 Å². The first kappa shape index (κ1) is 12.9. The first-order valence-corrected chi connectivity index (χ1v) is 6.62. The van der Waals surface area contributed by atoms with Gasteiger partial charge in [0.2, 0.25) is 0 Å². The van der Waals surface area contributed by atoms with E-state index in [9.17, 15) is 0 Å². The van der Waals surface area contributed by atoms with Gasteiger partial charge in [-0.25, -0.2) is 0 Å². The summed E-state index contributed by atoms with van der Waals surface area (Å²) in [4.78, 5) is 0. The third kappa shape index (κ3) is 2.65. The van der Waals surface area contributed by atoms with Gasteiger partial charge in [-0.05, 0) is 42.6 Å². The van der Waals surface area contributed by atoms with Gasteiger partial charge >= 0.3 is 0 Å². The zero-order valence-corrected chi connectivity index (χ0v) is 11.4. The second-order valence-corrected chi connectivity index (χ2v) is 4.55. The van der Waals surface area contributed by atoms with Gasteiger partial charge in [0, 0.05) is 0 Å². The summed E-state index contributed by atoms with van der Waals surface area (Å²) in [7, 11) is 0. The van der Waals surface area contributed by atoms with Crippen LogP contribution in [0, 0.1) is 6.92 Å². The molecule has 1 aromatic carbocycles. The molecule has 1 unspecified atom stereocenters. The average molecular weight is 243 g/mol. The maximum atomic E-state index is 5.63. The van der Waals surface area contributed by atoms with Crippen molar-refractivity contribution < 1.29 is 4.42 Å². The van der Waals surface area contributed by atoms with Crippen LogP contribution in [0.4, 0.5) is 0 Å². The van der Waals surface area contributed by atoms with E-state index in [1.165, 1.54) is 16.7 Å². The lowest BCUT2D eigenvalue weighted by Crippen LogP contribution is -2.22. The first-order valence-electron chi connectivity index (χ1n) is 6.62. The van der Waals surface area contributed by atoms with Crippen LogP contribution in [0.15, 0.2) is 41.0 Å². The normalized spacial score (nSPS) is 12.6. The molecule has 0 aliphatic heterocycles. The number of hydrogen-bond acceptors (Lipinski definition) is 2. The van der Waals surface area contributed by atoms with Crippen molar-refractivity contribution in [3.05, 3.63) is 59.0 Å². The third-order valence-corrected chi connectivity index (χ3v) is 3.29. The molecule has 0 aliphatic rings. The lowest BCUT2D eigenvalue weighted by Gasteiger charge is -2.17.